The van der Waals surface area contributed by atoms with Gasteiger partial charge in [-0.05, 0) is 47.3 Å². The third-order valence-electron chi connectivity index (χ3n) is 3.71. The Balaban J connectivity index is 2.88. The summed E-state index contributed by atoms with van der Waals surface area (Å²) < 4.78 is 6.00. The van der Waals surface area contributed by atoms with E-state index in [1.54, 1.807) is 0 Å². The molecule has 0 amide bonds. The van der Waals surface area contributed by atoms with Gasteiger partial charge in [0, 0.05) is 6.61 Å². The van der Waals surface area contributed by atoms with Crippen LogP contribution in [0.3, 0.4) is 0 Å². The van der Waals surface area contributed by atoms with Gasteiger partial charge in [0.05, 0.1) is 6.61 Å². The molecule has 0 aliphatic rings. The van der Waals surface area contributed by atoms with Gasteiger partial charge in [-0.15, -0.1) is 0 Å². The van der Waals surface area contributed by atoms with Crippen molar-refractivity contribution >= 4 is 0 Å². The fourth-order valence-corrected chi connectivity index (χ4v) is 2.28. The Bertz CT molecular complexity index is 436. The molecule has 0 fully saturated rings. The van der Waals surface area contributed by atoms with Crippen molar-refractivity contribution in [1.82, 2.24) is 0 Å². The average molecular weight is 292 g/mol. The Labute approximate surface area is 130 Å². The lowest BCUT2D eigenvalue weighted by Crippen LogP contribution is -2.17. The van der Waals surface area contributed by atoms with Crippen molar-refractivity contribution in [3.8, 4) is 5.75 Å². The molecule has 0 aliphatic heterocycles. The first kappa shape index (κ1) is 18.0. The van der Waals surface area contributed by atoms with Gasteiger partial charge in [0.25, 0.3) is 0 Å². The lowest BCUT2D eigenvalue weighted by molar-refractivity contribution is 0.264. The third kappa shape index (κ3) is 5.70. The topological polar surface area (TPSA) is 29.5 Å². The molecular weight excluding hydrogens is 260 g/mol. The smallest absolute Gasteiger partial charge is 0.123 e. The lowest BCUT2D eigenvalue weighted by atomic mass is 9.80. The first-order valence-electron chi connectivity index (χ1n) is 8.05. The number of aliphatic hydroxyl groups is 1. The minimum absolute atomic E-state index is 0.0711. The minimum atomic E-state index is 0.0711. The highest BCUT2D eigenvalue weighted by Gasteiger charge is 2.22. The quantitative estimate of drug-likeness (QED) is 0.761. The fourth-order valence-electron chi connectivity index (χ4n) is 2.28. The summed E-state index contributed by atoms with van der Waals surface area (Å²) in [4.78, 5) is 0. The predicted octanol–water partition coefficient (Wildman–Crippen LogP) is 4.82. The Morgan fingerprint density at radius 1 is 0.905 bits per heavy atom. The molecule has 1 aromatic rings. The van der Waals surface area contributed by atoms with Crippen LogP contribution in [0.15, 0.2) is 18.2 Å². The van der Waals surface area contributed by atoms with Crippen molar-refractivity contribution in [3.05, 3.63) is 29.3 Å². The molecule has 0 heterocycles. The summed E-state index contributed by atoms with van der Waals surface area (Å²) in [5, 5.41) is 8.80. The van der Waals surface area contributed by atoms with Crippen molar-refractivity contribution in [2.45, 2.75) is 71.6 Å². The molecule has 0 unspecified atom stereocenters. The molecule has 0 atom stereocenters. The van der Waals surface area contributed by atoms with Gasteiger partial charge in [-0.2, -0.15) is 0 Å². The van der Waals surface area contributed by atoms with E-state index < -0.39 is 0 Å². The molecule has 21 heavy (non-hydrogen) atoms. The fraction of sp³-hybridized carbons (Fsp3) is 0.684. The van der Waals surface area contributed by atoms with E-state index in [9.17, 15) is 0 Å². The van der Waals surface area contributed by atoms with Crippen molar-refractivity contribution in [2.24, 2.45) is 0 Å². The van der Waals surface area contributed by atoms with Gasteiger partial charge in [-0.3, -0.25) is 0 Å². The Morgan fingerprint density at radius 2 is 1.57 bits per heavy atom. The van der Waals surface area contributed by atoms with E-state index in [1.165, 1.54) is 11.1 Å². The maximum absolute atomic E-state index is 8.80. The molecule has 0 radical (unpaired) electrons. The standard InChI is InChI=1S/C19H32O2/c1-18(2,3)15-10-11-17(16(14-15)19(4,5)6)21-13-9-7-8-12-20/h10-11,14,20H,7-9,12-13H2,1-6H3. The number of hydrogen-bond donors (Lipinski definition) is 1. The highest BCUT2D eigenvalue weighted by Crippen LogP contribution is 2.35. The summed E-state index contributed by atoms with van der Waals surface area (Å²) in [5.41, 5.74) is 2.85. The van der Waals surface area contributed by atoms with E-state index >= 15 is 0 Å². The van der Waals surface area contributed by atoms with Crippen LogP contribution in [0.5, 0.6) is 5.75 Å². The van der Waals surface area contributed by atoms with Gasteiger partial charge in [-0.25, -0.2) is 0 Å². The summed E-state index contributed by atoms with van der Waals surface area (Å²) >= 11 is 0. The molecule has 0 aromatic heterocycles. The highest BCUT2D eigenvalue weighted by molar-refractivity contribution is 5.43. The van der Waals surface area contributed by atoms with Crippen molar-refractivity contribution in [1.29, 1.82) is 0 Å². The van der Waals surface area contributed by atoms with Crippen LogP contribution in [0, 0.1) is 0 Å². The molecule has 0 saturated heterocycles. The van der Waals surface area contributed by atoms with Crippen LogP contribution in [0.4, 0.5) is 0 Å². The lowest BCUT2D eigenvalue weighted by Gasteiger charge is -2.27. The van der Waals surface area contributed by atoms with Gasteiger partial charge < -0.3 is 9.84 Å². The molecule has 1 N–H and O–H groups in total. The molecule has 2 heteroatoms. The van der Waals surface area contributed by atoms with E-state index in [0.29, 0.717) is 0 Å². The van der Waals surface area contributed by atoms with Crippen LogP contribution in [-0.4, -0.2) is 18.3 Å². The first-order chi connectivity index (χ1) is 9.66. The molecule has 120 valence electrons. The third-order valence-corrected chi connectivity index (χ3v) is 3.71. The molecule has 2 nitrogen and oxygen atoms in total. The van der Waals surface area contributed by atoms with Crippen molar-refractivity contribution in [3.63, 3.8) is 0 Å². The van der Waals surface area contributed by atoms with Crippen LogP contribution >= 0.6 is 0 Å². The molecule has 0 aliphatic carbocycles. The van der Waals surface area contributed by atoms with Gasteiger partial charge in [0.15, 0.2) is 0 Å². The van der Waals surface area contributed by atoms with Gasteiger partial charge in [-0.1, -0.05) is 53.7 Å². The molecule has 0 bridgehead atoms. The Hall–Kier alpha value is -1.02. The number of ether oxygens (including phenoxy) is 1. The molecule has 0 spiro atoms. The predicted molar refractivity (Wildman–Crippen MR) is 90.3 cm³/mol. The molecule has 1 rings (SSSR count). The van der Waals surface area contributed by atoms with Crippen molar-refractivity contribution in [2.75, 3.05) is 13.2 Å². The number of unbranched alkanes of at least 4 members (excludes halogenated alkanes) is 2. The second-order valence-corrected chi connectivity index (χ2v) is 7.84. The van der Waals surface area contributed by atoms with Gasteiger partial charge in [0.2, 0.25) is 0 Å². The maximum Gasteiger partial charge on any atom is 0.123 e. The summed E-state index contributed by atoms with van der Waals surface area (Å²) in [6.45, 7) is 14.4. The van der Waals surface area contributed by atoms with Crippen LogP contribution in [-0.2, 0) is 10.8 Å². The van der Waals surface area contributed by atoms with E-state index in [1.807, 2.05) is 0 Å². The Kier molecular flexibility index (Phi) is 6.27. The zero-order chi connectivity index (χ0) is 16.1. The summed E-state index contributed by atoms with van der Waals surface area (Å²) in [6.07, 6.45) is 2.87. The zero-order valence-corrected chi connectivity index (χ0v) is 14.6. The average Bonchev–Trinajstić information content (AvgIpc) is 2.36. The summed E-state index contributed by atoms with van der Waals surface area (Å²) in [5.74, 6) is 1.000. The zero-order valence-electron chi connectivity index (χ0n) is 14.6. The summed E-state index contributed by atoms with van der Waals surface area (Å²) in [6, 6.07) is 6.59. The minimum Gasteiger partial charge on any atom is -0.493 e. The summed E-state index contributed by atoms with van der Waals surface area (Å²) in [7, 11) is 0. The van der Waals surface area contributed by atoms with Crippen LogP contribution in [0.2, 0.25) is 0 Å². The monoisotopic (exact) mass is 292 g/mol. The van der Waals surface area contributed by atoms with Gasteiger partial charge in [0.1, 0.15) is 5.75 Å². The Morgan fingerprint density at radius 3 is 2.10 bits per heavy atom. The van der Waals surface area contributed by atoms with Crippen LogP contribution < -0.4 is 4.74 Å². The van der Waals surface area contributed by atoms with E-state index in [4.69, 9.17) is 9.84 Å². The molecular formula is C19H32O2. The maximum atomic E-state index is 8.80. The number of benzene rings is 1. The first-order valence-corrected chi connectivity index (χ1v) is 8.05. The molecule has 0 saturated carbocycles. The van der Waals surface area contributed by atoms with Gasteiger partial charge >= 0.3 is 0 Å². The molecule has 1 aromatic carbocycles. The second-order valence-electron chi connectivity index (χ2n) is 7.84. The van der Waals surface area contributed by atoms with E-state index in [2.05, 4.69) is 59.7 Å². The van der Waals surface area contributed by atoms with Crippen LogP contribution in [0.25, 0.3) is 0 Å². The number of rotatable bonds is 6. The van der Waals surface area contributed by atoms with Crippen molar-refractivity contribution < 1.29 is 9.84 Å². The van der Waals surface area contributed by atoms with E-state index in [-0.39, 0.29) is 17.4 Å². The number of hydrogen-bond acceptors (Lipinski definition) is 2. The highest BCUT2D eigenvalue weighted by atomic mass is 16.5. The second kappa shape index (κ2) is 7.31. The largest absolute Gasteiger partial charge is 0.493 e. The van der Waals surface area contributed by atoms with Crippen LogP contribution in [0.1, 0.15) is 71.9 Å². The SMILES string of the molecule is CC(C)(C)c1ccc(OCCCCCO)c(C(C)(C)C)c1. The normalized spacial score (nSPS) is 12.5. The number of aliphatic hydroxyl groups excluding tert-OH is 1. The van der Waals surface area contributed by atoms with E-state index in [0.717, 1.165) is 31.6 Å².